The Bertz CT molecular complexity index is 299. The number of rotatable bonds is 3. The van der Waals surface area contributed by atoms with Gasteiger partial charge in [-0.1, -0.05) is 30.3 Å². The van der Waals surface area contributed by atoms with Gasteiger partial charge in [-0.15, -0.1) is 0 Å². The lowest BCUT2D eigenvalue weighted by atomic mass is 10.1. The topological polar surface area (TPSA) is 9.23 Å². The lowest BCUT2D eigenvalue weighted by Crippen LogP contribution is -2.38. The molecule has 14 heavy (non-hydrogen) atoms. The molecule has 0 aliphatic carbocycles. The average molecular weight is 269 g/mol. The molecule has 1 atom stereocenters. The first-order valence-corrected chi connectivity index (χ1v) is 4.57. The maximum absolute atomic E-state index is 13.7. The zero-order valence-corrected chi connectivity index (χ0v) is 8.89. The van der Waals surface area contributed by atoms with Crippen LogP contribution in [0.4, 0.5) is 13.2 Å². The van der Waals surface area contributed by atoms with Crippen molar-refractivity contribution in [3.05, 3.63) is 35.9 Å². The molecule has 1 aromatic carbocycles. The molecule has 0 aliphatic rings. The number of alkyl halides is 4. The largest absolute Gasteiger partial charge is 0.363 e. The Kier molecular flexibility index (Phi) is 3.21. The van der Waals surface area contributed by atoms with Gasteiger partial charge in [0, 0.05) is 12.7 Å². The van der Waals surface area contributed by atoms with Crippen molar-refractivity contribution in [2.75, 3.05) is 7.11 Å². The zero-order chi connectivity index (χ0) is 10.8. The van der Waals surface area contributed by atoms with E-state index >= 15 is 0 Å². The number of benzene rings is 1. The first kappa shape index (κ1) is 11.5. The van der Waals surface area contributed by atoms with Crippen molar-refractivity contribution < 1.29 is 17.9 Å². The highest BCUT2D eigenvalue weighted by Crippen LogP contribution is 2.45. The van der Waals surface area contributed by atoms with Crippen LogP contribution in [0.3, 0.4) is 0 Å². The van der Waals surface area contributed by atoms with E-state index < -0.39 is 10.7 Å². The Morgan fingerprint density at radius 2 is 1.64 bits per heavy atom. The van der Waals surface area contributed by atoms with Crippen LogP contribution >= 0.6 is 15.9 Å². The van der Waals surface area contributed by atoms with Gasteiger partial charge >= 0.3 is 10.7 Å². The third-order valence-electron chi connectivity index (χ3n) is 1.79. The smallest absolute Gasteiger partial charge is 0.340 e. The Hall–Kier alpha value is -0.550. The second-order valence-electron chi connectivity index (χ2n) is 2.66. The molecule has 0 saturated heterocycles. The number of ether oxygens (including phenoxy) is 1. The molecule has 0 aromatic heterocycles. The fourth-order valence-electron chi connectivity index (χ4n) is 1.05. The number of halogens is 4. The molecule has 1 nitrogen and oxygen atoms in total. The fourth-order valence-corrected chi connectivity index (χ4v) is 1.44. The molecule has 78 valence electrons. The van der Waals surface area contributed by atoms with Crippen LogP contribution in [0.2, 0.25) is 0 Å². The minimum atomic E-state index is -3.77. The van der Waals surface area contributed by atoms with Gasteiger partial charge in [0.05, 0.1) is 0 Å². The predicted octanol–water partition coefficient (Wildman–Crippen LogP) is 3.44. The predicted molar refractivity (Wildman–Crippen MR) is 50.1 cm³/mol. The minimum Gasteiger partial charge on any atom is -0.340 e. The maximum atomic E-state index is 13.7. The molecule has 0 bridgehead atoms. The van der Waals surface area contributed by atoms with Crippen molar-refractivity contribution >= 4 is 15.9 Å². The summed E-state index contributed by atoms with van der Waals surface area (Å²) in [5, 5.41) is 0. The van der Waals surface area contributed by atoms with E-state index in [1.165, 1.54) is 24.3 Å². The monoisotopic (exact) mass is 268 g/mol. The first-order chi connectivity index (χ1) is 6.42. The highest BCUT2D eigenvalue weighted by atomic mass is 79.9. The molecule has 1 unspecified atom stereocenters. The van der Waals surface area contributed by atoms with Gasteiger partial charge in [0.2, 0.25) is 0 Å². The molecular formula is C9H8BrF3O. The third kappa shape index (κ3) is 1.93. The molecule has 0 amide bonds. The Morgan fingerprint density at radius 1 is 1.14 bits per heavy atom. The van der Waals surface area contributed by atoms with Gasteiger partial charge in [0.1, 0.15) is 0 Å². The molecule has 0 spiro atoms. The number of methoxy groups -OCH3 is 1. The number of hydrogen-bond donors (Lipinski definition) is 0. The van der Waals surface area contributed by atoms with Gasteiger partial charge in [-0.3, -0.25) is 0 Å². The van der Waals surface area contributed by atoms with E-state index in [0.29, 0.717) is 0 Å². The Labute approximate surface area is 88.0 Å². The van der Waals surface area contributed by atoms with Gasteiger partial charge in [-0.05, 0) is 15.9 Å². The van der Waals surface area contributed by atoms with E-state index in [2.05, 4.69) is 4.74 Å². The fraction of sp³-hybridized carbons (Fsp3) is 0.333. The minimum absolute atomic E-state index is 0.232. The summed E-state index contributed by atoms with van der Waals surface area (Å²) in [7, 11) is 0.891. The quantitative estimate of drug-likeness (QED) is 0.764. The second-order valence-corrected chi connectivity index (χ2v) is 3.66. The Balaban J connectivity index is 3.15. The van der Waals surface area contributed by atoms with Crippen LogP contribution in [-0.4, -0.2) is 11.9 Å². The van der Waals surface area contributed by atoms with Gasteiger partial charge in [-0.2, -0.15) is 13.2 Å². The highest BCUT2D eigenvalue weighted by Gasteiger charge is 2.55. The summed E-state index contributed by atoms with van der Waals surface area (Å²) >= 11 is 1.96. The highest BCUT2D eigenvalue weighted by molar-refractivity contribution is 9.10. The van der Waals surface area contributed by atoms with E-state index in [0.717, 1.165) is 7.11 Å². The van der Waals surface area contributed by atoms with Crippen LogP contribution < -0.4 is 0 Å². The molecule has 5 heteroatoms. The van der Waals surface area contributed by atoms with Crippen LogP contribution in [0.1, 0.15) is 5.56 Å². The molecule has 1 rings (SSSR count). The summed E-state index contributed by atoms with van der Waals surface area (Å²) in [6.45, 7) is 0. The summed E-state index contributed by atoms with van der Waals surface area (Å²) in [4.78, 5) is -3.77. The van der Waals surface area contributed by atoms with E-state index in [4.69, 9.17) is 0 Å². The zero-order valence-electron chi connectivity index (χ0n) is 7.31. The van der Waals surface area contributed by atoms with Gasteiger partial charge in [0.15, 0.2) is 0 Å². The molecule has 0 N–H and O–H groups in total. The molecule has 0 heterocycles. The van der Waals surface area contributed by atoms with E-state index in [1.807, 2.05) is 15.9 Å². The lowest BCUT2D eigenvalue weighted by molar-refractivity contribution is -0.228. The summed E-state index contributed by atoms with van der Waals surface area (Å²) in [6.07, 6.45) is 0. The van der Waals surface area contributed by atoms with Crippen molar-refractivity contribution in [2.24, 2.45) is 0 Å². The van der Waals surface area contributed by atoms with Gasteiger partial charge in [-0.25, -0.2) is 0 Å². The van der Waals surface area contributed by atoms with Crippen LogP contribution in [-0.2, 0) is 10.6 Å². The van der Waals surface area contributed by atoms with Crippen molar-refractivity contribution in [1.29, 1.82) is 0 Å². The third-order valence-corrected chi connectivity index (χ3v) is 2.30. The second kappa shape index (κ2) is 3.90. The van der Waals surface area contributed by atoms with E-state index in [9.17, 15) is 13.2 Å². The molecule has 0 fully saturated rings. The van der Waals surface area contributed by atoms with Crippen molar-refractivity contribution in [3.8, 4) is 0 Å². The summed E-state index contributed by atoms with van der Waals surface area (Å²) in [5.41, 5.74) is -0.232. The van der Waals surface area contributed by atoms with E-state index in [-0.39, 0.29) is 5.56 Å². The number of hydrogen-bond acceptors (Lipinski definition) is 1. The molecular weight excluding hydrogens is 261 g/mol. The van der Waals surface area contributed by atoms with Crippen LogP contribution in [0.5, 0.6) is 0 Å². The van der Waals surface area contributed by atoms with Crippen molar-refractivity contribution in [3.63, 3.8) is 0 Å². The van der Waals surface area contributed by atoms with Crippen LogP contribution in [0, 0.1) is 0 Å². The molecule has 0 aliphatic heterocycles. The normalized spacial score (nSPS) is 16.4. The summed E-state index contributed by atoms with van der Waals surface area (Å²) in [6, 6.07) is 6.99. The van der Waals surface area contributed by atoms with Crippen LogP contribution in [0.25, 0.3) is 0 Å². The molecule has 1 aromatic rings. The van der Waals surface area contributed by atoms with Gasteiger partial charge < -0.3 is 4.74 Å². The van der Waals surface area contributed by atoms with Gasteiger partial charge in [0.25, 0.3) is 0 Å². The molecule has 0 radical (unpaired) electrons. The van der Waals surface area contributed by atoms with Crippen molar-refractivity contribution in [2.45, 2.75) is 10.7 Å². The van der Waals surface area contributed by atoms with Crippen LogP contribution in [0.15, 0.2) is 30.3 Å². The summed E-state index contributed by atoms with van der Waals surface area (Å²) < 4.78 is 43.7. The first-order valence-electron chi connectivity index (χ1n) is 3.78. The maximum Gasteiger partial charge on any atom is 0.363 e. The standard InChI is InChI=1S/C9H8BrF3O/c1-14-8(11,9(10,12)13)7-5-3-2-4-6-7/h2-6H,1H3. The Morgan fingerprint density at radius 3 is 2.00 bits per heavy atom. The SMILES string of the molecule is COC(F)(c1ccccc1)C(F)(F)Br. The van der Waals surface area contributed by atoms with Crippen molar-refractivity contribution in [1.82, 2.24) is 0 Å². The average Bonchev–Trinajstić information content (AvgIpc) is 2.16. The lowest BCUT2D eigenvalue weighted by Gasteiger charge is -2.28. The summed E-state index contributed by atoms with van der Waals surface area (Å²) in [5.74, 6) is -3.14. The van der Waals surface area contributed by atoms with E-state index in [1.54, 1.807) is 6.07 Å². The molecule has 0 saturated carbocycles.